The number of nitrogens with zero attached hydrogens (tertiary/aromatic N) is 1. The quantitative estimate of drug-likeness (QED) is 0.345. The van der Waals surface area contributed by atoms with Crippen LogP contribution in [0.4, 0.5) is 8.78 Å². The largest absolute Gasteiger partial charge is 0.490 e. The number of aromatic nitrogens is 1. The maximum atomic E-state index is 15.7. The van der Waals surface area contributed by atoms with Crippen LogP contribution in [0.15, 0.2) is 12.1 Å². The second-order valence-corrected chi connectivity index (χ2v) is 12.0. The van der Waals surface area contributed by atoms with E-state index in [2.05, 4.69) is 0 Å². The molecule has 8 heteroatoms. The van der Waals surface area contributed by atoms with Gasteiger partial charge < -0.3 is 19.3 Å². The van der Waals surface area contributed by atoms with Crippen molar-refractivity contribution >= 4 is 5.97 Å². The van der Waals surface area contributed by atoms with Gasteiger partial charge in [-0.2, -0.15) is 0 Å². The smallest absolute Gasteiger partial charge is 0.337 e. The van der Waals surface area contributed by atoms with Crippen molar-refractivity contribution in [2.75, 3.05) is 13.2 Å². The third-order valence-electron chi connectivity index (χ3n) is 7.98. The molecule has 2 aliphatic rings. The molecule has 0 unspecified atom stereocenters. The summed E-state index contributed by atoms with van der Waals surface area (Å²) in [6.45, 7) is 13.6. The van der Waals surface area contributed by atoms with E-state index in [0.29, 0.717) is 65.3 Å². The van der Waals surface area contributed by atoms with Crippen LogP contribution in [0.2, 0.25) is 0 Å². The highest BCUT2D eigenvalue weighted by atomic mass is 19.1. The van der Waals surface area contributed by atoms with Crippen LogP contribution in [-0.4, -0.2) is 34.9 Å². The molecule has 0 saturated heterocycles. The van der Waals surface area contributed by atoms with Crippen molar-refractivity contribution in [1.29, 1.82) is 0 Å². The minimum absolute atomic E-state index is 0.233. The number of fused-ring (bicyclic) bond motifs is 2. The van der Waals surface area contributed by atoms with E-state index in [1.54, 1.807) is 27.7 Å². The molecule has 1 atom stereocenters. The summed E-state index contributed by atoms with van der Waals surface area (Å²) < 4.78 is 48.8. The molecule has 0 radical (unpaired) electrons. The Kier molecular flexibility index (Phi) is 7.57. The average Bonchev–Trinajstić information content (AvgIpc) is 2.91. The van der Waals surface area contributed by atoms with Gasteiger partial charge in [0, 0.05) is 33.6 Å². The molecule has 41 heavy (non-hydrogen) atoms. The summed E-state index contributed by atoms with van der Waals surface area (Å²) in [6, 6.07) is 2.84. The van der Waals surface area contributed by atoms with Gasteiger partial charge in [0.25, 0.3) is 0 Å². The van der Waals surface area contributed by atoms with E-state index < -0.39 is 29.3 Å². The number of hydrogen-bond acceptors (Lipinski definition) is 5. The van der Waals surface area contributed by atoms with Crippen molar-refractivity contribution in [3.05, 3.63) is 63.0 Å². The molecule has 218 valence electrons. The first kappa shape index (κ1) is 29.0. The molecule has 3 heterocycles. The number of hydrogen-bond donors (Lipinski definition) is 1. The van der Waals surface area contributed by atoms with Gasteiger partial charge in [-0.15, -0.1) is 0 Å². The Morgan fingerprint density at radius 3 is 1.83 bits per heavy atom. The number of benzene rings is 2. The lowest BCUT2D eigenvalue weighted by atomic mass is 9.81. The van der Waals surface area contributed by atoms with E-state index in [9.17, 15) is 9.90 Å². The lowest BCUT2D eigenvalue weighted by molar-refractivity contribution is -0.160. The molecule has 2 aliphatic heterocycles. The molecular weight excluding hydrogens is 528 g/mol. The lowest BCUT2D eigenvalue weighted by Gasteiger charge is -2.31. The van der Waals surface area contributed by atoms with Gasteiger partial charge in [0.15, 0.2) is 29.2 Å². The van der Waals surface area contributed by atoms with Gasteiger partial charge in [0.2, 0.25) is 0 Å². The summed E-state index contributed by atoms with van der Waals surface area (Å²) in [5, 5.41) is 10.5. The van der Waals surface area contributed by atoms with Crippen LogP contribution in [-0.2, 0) is 22.4 Å². The van der Waals surface area contributed by atoms with Gasteiger partial charge >= 0.3 is 5.97 Å². The van der Waals surface area contributed by atoms with Crippen molar-refractivity contribution in [3.8, 4) is 33.8 Å². The zero-order chi connectivity index (χ0) is 29.8. The van der Waals surface area contributed by atoms with Gasteiger partial charge in [-0.1, -0.05) is 0 Å². The number of pyridine rings is 1. The van der Waals surface area contributed by atoms with Gasteiger partial charge in [-0.05, 0) is 114 Å². The van der Waals surface area contributed by atoms with E-state index in [0.717, 1.165) is 35.1 Å². The van der Waals surface area contributed by atoms with Crippen LogP contribution in [0.1, 0.15) is 78.9 Å². The number of rotatable bonds is 5. The molecule has 0 amide bonds. The summed E-state index contributed by atoms with van der Waals surface area (Å²) in [6.07, 6.45) is 1.38. The molecule has 0 saturated carbocycles. The molecule has 1 aromatic heterocycles. The Morgan fingerprint density at radius 2 is 1.37 bits per heavy atom. The highest BCUT2D eigenvalue weighted by Gasteiger charge is 2.35. The van der Waals surface area contributed by atoms with Crippen LogP contribution in [0.3, 0.4) is 0 Å². The molecule has 0 fully saturated rings. The Balaban J connectivity index is 1.93. The van der Waals surface area contributed by atoms with Crippen molar-refractivity contribution in [2.45, 2.75) is 85.9 Å². The molecule has 0 bridgehead atoms. The van der Waals surface area contributed by atoms with Gasteiger partial charge in [-0.25, -0.2) is 13.6 Å². The first-order valence-corrected chi connectivity index (χ1v) is 14.1. The molecule has 0 aliphatic carbocycles. The van der Waals surface area contributed by atoms with E-state index in [1.165, 1.54) is 12.1 Å². The topological polar surface area (TPSA) is 77.9 Å². The summed E-state index contributed by atoms with van der Waals surface area (Å²) in [5.41, 5.74) is 5.80. The SMILES string of the molecule is Cc1nc(C)c([C@H](OC(C)(C)C)C(=O)O)c(-c2cc(F)c3c(c2C)CCCO3)c1-c1cc(F)c2c(c1C)CCCO2. The maximum absolute atomic E-state index is 15.7. The monoisotopic (exact) mass is 565 g/mol. The van der Waals surface area contributed by atoms with E-state index in [-0.39, 0.29) is 11.5 Å². The average molecular weight is 566 g/mol. The normalized spacial score (nSPS) is 15.4. The number of carbonyl (C=O) groups is 1. The predicted molar refractivity (Wildman–Crippen MR) is 153 cm³/mol. The fourth-order valence-electron chi connectivity index (χ4n) is 6.22. The molecule has 3 aromatic rings. The zero-order valence-electron chi connectivity index (χ0n) is 24.8. The van der Waals surface area contributed by atoms with E-state index >= 15 is 8.78 Å². The van der Waals surface area contributed by atoms with Crippen molar-refractivity contribution in [2.24, 2.45) is 0 Å². The first-order valence-electron chi connectivity index (χ1n) is 14.1. The summed E-state index contributed by atoms with van der Waals surface area (Å²) in [4.78, 5) is 17.6. The highest BCUT2D eigenvalue weighted by Crippen LogP contribution is 2.48. The van der Waals surface area contributed by atoms with Crippen molar-refractivity contribution < 1.29 is 32.9 Å². The van der Waals surface area contributed by atoms with Crippen molar-refractivity contribution in [3.63, 3.8) is 0 Å². The Bertz CT molecular complexity index is 1560. The standard InChI is InChI=1S/C33H37F2NO5/c1-16-20-10-8-12-39-29(20)24(34)14-22(16)26-18(3)36-19(4)27(31(32(37)38)41-33(5,6)7)28(26)23-15-25(35)30-21(17(23)2)11-9-13-40-30/h14-15,31H,8-13H2,1-7H3,(H,37,38)/t31-/m0/s1. The Labute approximate surface area is 239 Å². The number of halogens is 2. The van der Waals surface area contributed by atoms with Crippen LogP contribution in [0, 0.1) is 39.3 Å². The van der Waals surface area contributed by atoms with Crippen LogP contribution in [0.25, 0.3) is 22.3 Å². The van der Waals surface area contributed by atoms with Crippen LogP contribution >= 0.6 is 0 Å². The zero-order valence-corrected chi connectivity index (χ0v) is 24.8. The summed E-state index contributed by atoms with van der Waals surface area (Å²) in [5.74, 6) is -1.71. The van der Waals surface area contributed by atoms with Gasteiger partial charge in [0.1, 0.15) is 0 Å². The van der Waals surface area contributed by atoms with Crippen LogP contribution < -0.4 is 9.47 Å². The molecule has 5 rings (SSSR count). The summed E-state index contributed by atoms with van der Waals surface area (Å²) >= 11 is 0. The molecule has 1 N–H and O–H groups in total. The number of aryl methyl sites for hydroxylation is 2. The maximum Gasteiger partial charge on any atom is 0.337 e. The molecule has 0 spiro atoms. The fraction of sp³-hybridized carbons (Fsp3) is 0.455. The Morgan fingerprint density at radius 1 is 0.878 bits per heavy atom. The van der Waals surface area contributed by atoms with Gasteiger partial charge in [-0.3, -0.25) is 4.98 Å². The first-order chi connectivity index (χ1) is 19.3. The van der Waals surface area contributed by atoms with E-state index in [1.807, 2.05) is 20.8 Å². The molecule has 6 nitrogen and oxygen atoms in total. The molecular formula is C33H37F2NO5. The minimum atomic E-state index is -1.40. The van der Waals surface area contributed by atoms with Crippen LogP contribution in [0.5, 0.6) is 11.5 Å². The third-order valence-corrected chi connectivity index (χ3v) is 7.98. The summed E-state index contributed by atoms with van der Waals surface area (Å²) in [7, 11) is 0. The predicted octanol–water partition coefficient (Wildman–Crippen LogP) is 7.52. The lowest BCUT2D eigenvalue weighted by Crippen LogP contribution is -2.29. The number of aliphatic carboxylic acids is 1. The molecule has 2 aromatic carbocycles. The number of ether oxygens (including phenoxy) is 3. The minimum Gasteiger partial charge on any atom is -0.490 e. The second kappa shape index (κ2) is 10.7. The van der Waals surface area contributed by atoms with E-state index in [4.69, 9.17) is 19.2 Å². The number of carboxylic acid groups (broad SMARTS) is 1. The third kappa shape index (κ3) is 5.18. The van der Waals surface area contributed by atoms with Gasteiger partial charge in [0.05, 0.1) is 18.8 Å². The Hall–Kier alpha value is -3.52. The van der Waals surface area contributed by atoms with Crippen molar-refractivity contribution in [1.82, 2.24) is 4.98 Å². The second-order valence-electron chi connectivity index (χ2n) is 12.0. The number of carboxylic acids is 1. The fourth-order valence-corrected chi connectivity index (χ4v) is 6.22. The highest BCUT2D eigenvalue weighted by molar-refractivity contribution is 5.93.